The van der Waals surface area contributed by atoms with E-state index in [0.717, 1.165) is 0 Å². The van der Waals surface area contributed by atoms with Crippen molar-refractivity contribution in [2.24, 2.45) is 5.73 Å². The molecule has 1 aromatic heterocycles. The minimum absolute atomic E-state index is 0.278. The zero-order valence-electron chi connectivity index (χ0n) is 12.6. The van der Waals surface area contributed by atoms with Gasteiger partial charge < -0.3 is 21.5 Å². The number of nitrogens with two attached hydrogens (primary N) is 1. The van der Waals surface area contributed by atoms with Crippen LogP contribution >= 0.6 is 0 Å². The summed E-state index contributed by atoms with van der Waals surface area (Å²) in [4.78, 5) is 38.0. The molecule has 0 saturated heterocycles. The first kappa shape index (κ1) is 16.9. The monoisotopic (exact) mass is 328 g/mol. The van der Waals surface area contributed by atoms with E-state index in [1.54, 1.807) is 18.3 Å². The van der Waals surface area contributed by atoms with Gasteiger partial charge in [0.15, 0.2) is 0 Å². The number of hydrogen-bond donors (Lipinski definition) is 4. The van der Waals surface area contributed by atoms with Gasteiger partial charge in [0.2, 0.25) is 5.91 Å². The Morgan fingerprint density at radius 1 is 1.17 bits per heavy atom. The molecule has 1 unspecified atom stereocenters. The molecule has 0 aliphatic carbocycles. The van der Waals surface area contributed by atoms with E-state index >= 15 is 0 Å². The first-order valence-electron chi connectivity index (χ1n) is 7.05. The summed E-state index contributed by atoms with van der Waals surface area (Å²) in [7, 11) is 0. The zero-order valence-corrected chi connectivity index (χ0v) is 12.6. The summed E-state index contributed by atoms with van der Waals surface area (Å²) in [5.74, 6) is -1.61. The average Bonchev–Trinajstić information content (AvgIpc) is 2.55. The number of urea groups is 1. The summed E-state index contributed by atoms with van der Waals surface area (Å²) < 4.78 is 0. The number of anilines is 1. The highest BCUT2D eigenvalue weighted by Crippen LogP contribution is 2.16. The molecule has 0 saturated carbocycles. The Bertz CT molecular complexity index is 732. The summed E-state index contributed by atoms with van der Waals surface area (Å²) in [5, 5.41) is 14.1. The number of carbonyl (C=O) groups is 3. The van der Waals surface area contributed by atoms with Crippen molar-refractivity contribution < 1.29 is 19.5 Å². The summed E-state index contributed by atoms with van der Waals surface area (Å²) in [6.07, 6.45) is 2.77. The highest BCUT2D eigenvalue weighted by atomic mass is 16.4. The Labute approximate surface area is 137 Å². The van der Waals surface area contributed by atoms with Crippen LogP contribution in [0.25, 0.3) is 0 Å². The molecule has 8 nitrogen and oxygen atoms in total. The average molecular weight is 328 g/mol. The number of nitrogens with one attached hydrogen (secondary N) is 2. The van der Waals surface area contributed by atoms with Gasteiger partial charge in [0.05, 0.1) is 12.5 Å². The molecule has 0 radical (unpaired) electrons. The quantitative estimate of drug-likeness (QED) is 0.637. The molecule has 0 aliphatic heterocycles. The fourth-order valence-electron chi connectivity index (χ4n) is 2.05. The van der Waals surface area contributed by atoms with Gasteiger partial charge in [-0.3, -0.25) is 14.6 Å². The fraction of sp³-hybridized carbons (Fsp3) is 0.125. The number of amides is 3. The molecule has 0 fully saturated rings. The largest absolute Gasteiger partial charge is 0.481 e. The van der Waals surface area contributed by atoms with Crippen LogP contribution in [0.5, 0.6) is 0 Å². The predicted molar refractivity (Wildman–Crippen MR) is 86.3 cm³/mol. The predicted octanol–water partition coefficient (Wildman–Crippen LogP) is 1.52. The van der Waals surface area contributed by atoms with Crippen LogP contribution in [0.15, 0.2) is 48.8 Å². The van der Waals surface area contributed by atoms with Crippen LogP contribution in [-0.4, -0.2) is 28.0 Å². The maximum Gasteiger partial charge on any atom is 0.319 e. The molecule has 5 N–H and O–H groups in total. The molecule has 2 rings (SSSR count). The second-order valence-electron chi connectivity index (χ2n) is 4.98. The molecule has 0 bridgehead atoms. The van der Waals surface area contributed by atoms with E-state index in [0.29, 0.717) is 16.8 Å². The highest BCUT2D eigenvalue weighted by Gasteiger charge is 2.18. The molecule has 0 aliphatic rings. The van der Waals surface area contributed by atoms with Gasteiger partial charge in [-0.15, -0.1) is 0 Å². The molecule has 1 atom stereocenters. The van der Waals surface area contributed by atoms with E-state index in [1.165, 1.54) is 30.5 Å². The van der Waals surface area contributed by atoms with E-state index in [2.05, 4.69) is 15.6 Å². The minimum atomic E-state index is -1.05. The number of aliphatic carboxylic acids is 1. The minimum Gasteiger partial charge on any atom is -0.481 e. The van der Waals surface area contributed by atoms with Crippen molar-refractivity contribution in [1.29, 1.82) is 0 Å². The van der Waals surface area contributed by atoms with Crippen molar-refractivity contribution in [3.8, 4) is 0 Å². The lowest BCUT2D eigenvalue weighted by molar-refractivity contribution is -0.137. The van der Waals surface area contributed by atoms with Crippen molar-refractivity contribution in [2.45, 2.75) is 12.5 Å². The topological polar surface area (TPSA) is 134 Å². The Morgan fingerprint density at radius 2 is 1.88 bits per heavy atom. The molecule has 2 aromatic rings. The number of nitrogens with zero attached hydrogens (tertiary/aromatic N) is 1. The van der Waals surface area contributed by atoms with E-state index in [9.17, 15) is 14.4 Å². The van der Waals surface area contributed by atoms with E-state index in [-0.39, 0.29) is 6.42 Å². The third kappa shape index (κ3) is 4.80. The third-order valence-electron chi connectivity index (χ3n) is 3.20. The second kappa shape index (κ2) is 7.73. The van der Waals surface area contributed by atoms with Gasteiger partial charge in [-0.2, -0.15) is 0 Å². The second-order valence-corrected chi connectivity index (χ2v) is 4.98. The lowest BCUT2D eigenvalue weighted by atomic mass is 10.1. The first-order chi connectivity index (χ1) is 11.5. The standard InChI is InChI=1S/C16H16N4O4/c17-15(23)10-3-5-12(6-4-10)19-16(24)20-13(8-14(21)22)11-2-1-7-18-9-11/h1-7,9,13H,8H2,(H2,17,23)(H,21,22)(H2,19,20,24). The van der Waals surface area contributed by atoms with Gasteiger partial charge in [-0.1, -0.05) is 6.07 Å². The van der Waals surface area contributed by atoms with Gasteiger partial charge in [0, 0.05) is 23.6 Å². The number of aromatic nitrogens is 1. The smallest absolute Gasteiger partial charge is 0.319 e. The lowest BCUT2D eigenvalue weighted by Crippen LogP contribution is -2.33. The normalized spacial score (nSPS) is 11.3. The van der Waals surface area contributed by atoms with E-state index in [4.69, 9.17) is 10.8 Å². The molecule has 1 aromatic carbocycles. The van der Waals surface area contributed by atoms with E-state index in [1.807, 2.05) is 0 Å². The van der Waals surface area contributed by atoms with Crippen LogP contribution in [0, 0.1) is 0 Å². The van der Waals surface area contributed by atoms with Crippen molar-refractivity contribution >= 4 is 23.6 Å². The number of rotatable bonds is 6. The SMILES string of the molecule is NC(=O)c1ccc(NC(=O)NC(CC(=O)O)c2cccnc2)cc1. The van der Waals surface area contributed by atoms with Crippen LogP contribution < -0.4 is 16.4 Å². The molecule has 0 spiro atoms. The van der Waals surface area contributed by atoms with Crippen LogP contribution in [0.4, 0.5) is 10.5 Å². The van der Waals surface area contributed by atoms with Crippen LogP contribution in [0.2, 0.25) is 0 Å². The number of primary amides is 1. The maximum absolute atomic E-state index is 12.1. The molecular formula is C16H16N4O4. The molecule has 3 amide bonds. The molecule has 8 heteroatoms. The Kier molecular flexibility index (Phi) is 5.45. The lowest BCUT2D eigenvalue weighted by Gasteiger charge is -2.17. The molecular weight excluding hydrogens is 312 g/mol. The zero-order chi connectivity index (χ0) is 17.5. The maximum atomic E-state index is 12.1. The van der Waals surface area contributed by atoms with Crippen LogP contribution in [0.1, 0.15) is 28.4 Å². The number of carbonyl (C=O) groups excluding carboxylic acids is 2. The van der Waals surface area contributed by atoms with Crippen LogP contribution in [-0.2, 0) is 4.79 Å². The number of hydrogen-bond acceptors (Lipinski definition) is 4. The number of carboxylic acid groups (broad SMARTS) is 1. The van der Waals surface area contributed by atoms with Gasteiger partial charge in [0.25, 0.3) is 0 Å². The summed E-state index contributed by atoms with van der Waals surface area (Å²) >= 11 is 0. The van der Waals surface area contributed by atoms with Gasteiger partial charge in [0.1, 0.15) is 0 Å². The van der Waals surface area contributed by atoms with Crippen LogP contribution in [0.3, 0.4) is 0 Å². The fourth-order valence-corrected chi connectivity index (χ4v) is 2.05. The summed E-state index contributed by atoms with van der Waals surface area (Å²) in [5.41, 5.74) is 6.49. The molecule has 1 heterocycles. The van der Waals surface area contributed by atoms with Gasteiger partial charge in [-0.25, -0.2) is 4.79 Å². The molecule has 24 heavy (non-hydrogen) atoms. The number of benzene rings is 1. The van der Waals surface area contributed by atoms with Crippen molar-refractivity contribution in [2.75, 3.05) is 5.32 Å². The summed E-state index contributed by atoms with van der Waals surface area (Å²) in [6, 6.07) is 8.06. The molecule has 124 valence electrons. The Morgan fingerprint density at radius 3 is 2.42 bits per heavy atom. The number of pyridine rings is 1. The van der Waals surface area contributed by atoms with Gasteiger partial charge in [-0.05, 0) is 35.9 Å². The Hall–Kier alpha value is -3.42. The van der Waals surface area contributed by atoms with Crippen molar-refractivity contribution in [3.05, 3.63) is 59.9 Å². The third-order valence-corrected chi connectivity index (χ3v) is 3.20. The Balaban J connectivity index is 2.04. The number of carboxylic acids is 1. The summed E-state index contributed by atoms with van der Waals surface area (Å²) in [6.45, 7) is 0. The van der Waals surface area contributed by atoms with Crippen molar-refractivity contribution in [3.63, 3.8) is 0 Å². The van der Waals surface area contributed by atoms with E-state index < -0.39 is 23.9 Å². The van der Waals surface area contributed by atoms with Gasteiger partial charge >= 0.3 is 12.0 Å². The van der Waals surface area contributed by atoms with Crippen molar-refractivity contribution in [1.82, 2.24) is 10.3 Å². The highest BCUT2D eigenvalue weighted by molar-refractivity contribution is 5.94. The first-order valence-corrected chi connectivity index (χ1v) is 7.05.